The second kappa shape index (κ2) is 4.58. The molecule has 90 valence electrons. The minimum absolute atomic E-state index is 0.379. The molecule has 0 fully saturated rings. The van der Waals surface area contributed by atoms with E-state index < -0.39 is 5.60 Å². The van der Waals surface area contributed by atoms with Gasteiger partial charge in [0, 0.05) is 10.0 Å². The minimum atomic E-state index is -0.810. The van der Waals surface area contributed by atoms with E-state index in [1.165, 1.54) is 4.80 Å². The smallest absolute Gasteiger partial charge is 0.113 e. The van der Waals surface area contributed by atoms with Gasteiger partial charge >= 0.3 is 0 Å². The van der Waals surface area contributed by atoms with Crippen LogP contribution in [0.1, 0.15) is 13.8 Å². The summed E-state index contributed by atoms with van der Waals surface area (Å²) < 4.78 is 1.03. The van der Waals surface area contributed by atoms with Crippen LogP contribution in [0.4, 0.5) is 0 Å². The number of halogens is 1. The van der Waals surface area contributed by atoms with E-state index in [0.717, 1.165) is 15.7 Å². The van der Waals surface area contributed by atoms with Crippen molar-refractivity contribution in [3.8, 4) is 11.3 Å². The molecule has 0 radical (unpaired) electrons. The number of nitrogens with zero attached hydrogens (tertiary/aromatic N) is 3. The fourth-order valence-corrected chi connectivity index (χ4v) is 1.74. The van der Waals surface area contributed by atoms with E-state index in [9.17, 15) is 5.11 Å². The fraction of sp³-hybridized carbons (Fsp3) is 0.333. The lowest BCUT2D eigenvalue weighted by molar-refractivity contribution is 0.0532. The molecule has 0 amide bonds. The number of aliphatic hydroxyl groups is 1. The lowest BCUT2D eigenvalue weighted by Gasteiger charge is -2.15. The van der Waals surface area contributed by atoms with Crippen molar-refractivity contribution in [1.29, 1.82) is 0 Å². The van der Waals surface area contributed by atoms with Crippen LogP contribution in [0.3, 0.4) is 0 Å². The first-order chi connectivity index (χ1) is 7.94. The summed E-state index contributed by atoms with van der Waals surface area (Å²) in [6.45, 7) is 3.84. The third kappa shape index (κ3) is 3.38. The molecule has 0 spiro atoms. The van der Waals surface area contributed by atoms with Gasteiger partial charge < -0.3 is 5.11 Å². The predicted molar refractivity (Wildman–Crippen MR) is 69.5 cm³/mol. The first-order valence-corrected chi connectivity index (χ1v) is 6.12. The largest absolute Gasteiger partial charge is 0.388 e. The molecule has 0 saturated carbocycles. The lowest BCUT2D eigenvalue weighted by atomic mass is 10.1. The van der Waals surface area contributed by atoms with Crippen LogP contribution in [0.5, 0.6) is 0 Å². The minimum Gasteiger partial charge on any atom is -0.388 e. The molecule has 2 rings (SSSR count). The predicted octanol–water partition coefficient (Wildman–Crippen LogP) is 2.48. The molecule has 5 heteroatoms. The van der Waals surface area contributed by atoms with Crippen LogP contribution in [-0.2, 0) is 6.54 Å². The SMILES string of the molecule is CC(C)(O)Cn1ncc(-c2ccc(Br)cc2)n1. The fourth-order valence-electron chi connectivity index (χ4n) is 1.47. The Morgan fingerprint density at radius 2 is 1.94 bits per heavy atom. The Labute approximate surface area is 108 Å². The van der Waals surface area contributed by atoms with E-state index >= 15 is 0 Å². The second-order valence-electron chi connectivity index (χ2n) is 4.58. The van der Waals surface area contributed by atoms with Crippen molar-refractivity contribution in [2.24, 2.45) is 0 Å². The Kier molecular flexibility index (Phi) is 3.31. The van der Waals surface area contributed by atoms with Gasteiger partial charge in [0.2, 0.25) is 0 Å². The van der Waals surface area contributed by atoms with Crippen LogP contribution in [-0.4, -0.2) is 25.7 Å². The number of benzene rings is 1. The van der Waals surface area contributed by atoms with Crippen molar-refractivity contribution >= 4 is 15.9 Å². The van der Waals surface area contributed by atoms with Gasteiger partial charge in [0.1, 0.15) is 5.69 Å². The lowest BCUT2D eigenvalue weighted by Crippen LogP contribution is -2.27. The summed E-state index contributed by atoms with van der Waals surface area (Å²) in [5.41, 5.74) is 1.01. The summed E-state index contributed by atoms with van der Waals surface area (Å²) in [7, 11) is 0. The molecule has 4 nitrogen and oxygen atoms in total. The van der Waals surface area contributed by atoms with Gasteiger partial charge in [0.25, 0.3) is 0 Å². The number of rotatable bonds is 3. The van der Waals surface area contributed by atoms with Crippen LogP contribution < -0.4 is 0 Å². The molecule has 0 aliphatic carbocycles. The first-order valence-electron chi connectivity index (χ1n) is 5.32. The van der Waals surface area contributed by atoms with Gasteiger partial charge in [-0.25, -0.2) is 0 Å². The standard InChI is InChI=1S/C12H14BrN3O/c1-12(2,17)8-16-14-7-11(15-16)9-3-5-10(13)6-4-9/h3-7,17H,8H2,1-2H3. The highest BCUT2D eigenvalue weighted by Gasteiger charge is 2.15. The molecule has 2 aromatic rings. The average Bonchev–Trinajstić information content (AvgIpc) is 2.64. The van der Waals surface area contributed by atoms with Crippen molar-refractivity contribution in [3.05, 3.63) is 34.9 Å². The molecule has 0 saturated heterocycles. The van der Waals surface area contributed by atoms with E-state index in [4.69, 9.17) is 0 Å². The van der Waals surface area contributed by atoms with E-state index in [0.29, 0.717) is 6.54 Å². The Morgan fingerprint density at radius 1 is 1.29 bits per heavy atom. The number of aromatic nitrogens is 3. The van der Waals surface area contributed by atoms with Gasteiger partial charge in [-0.3, -0.25) is 0 Å². The number of hydrogen-bond acceptors (Lipinski definition) is 3. The van der Waals surface area contributed by atoms with E-state index in [-0.39, 0.29) is 0 Å². The van der Waals surface area contributed by atoms with Crippen LogP contribution >= 0.6 is 15.9 Å². The molecule has 0 aliphatic rings. The zero-order valence-electron chi connectivity index (χ0n) is 9.76. The van der Waals surface area contributed by atoms with Crippen molar-refractivity contribution in [2.45, 2.75) is 26.0 Å². The van der Waals surface area contributed by atoms with Crippen LogP contribution in [0.2, 0.25) is 0 Å². The molecular weight excluding hydrogens is 282 g/mol. The molecule has 1 aromatic heterocycles. The summed E-state index contributed by atoms with van der Waals surface area (Å²) in [6, 6.07) is 7.87. The Balaban J connectivity index is 2.21. The maximum absolute atomic E-state index is 9.68. The van der Waals surface area contributed by atoms with E-state index in [1.54, 1.807) is 20.0 Å². The maximum atomic E-state index is 9.68. The highest BCUT2D eigenvalue weighted by Crippen LogP contribution is 2.19. The van der Waals surface area contributed by atoms with Crippen LogP contribution in [0.25, 0.3) is 11.3 Å². The van der Waals surface area contributed by atoms with Gasteiger partial charge in [-0.2, -0.15) is 15.0 Å². The monoisotopic (exact) mass is 295 g/mol. The molecule has 0 atom stereocenters. The summed E-state index contributed by atoms with van der Waals surface area (Å²) >= 11 is 3.39. The van der Waals surface area contributed by atoms with Gasteiger partial charge in [-0.05, 0) is 26.0 Å². The topological polar surface area (TPSA) is 50.9 Å². The third-order valence-corrected chi connectivity index (χ3v) is 2.73. The zero-order chi connectivity index (χ0) is 12.5. The molecule has 0 bridgehead atoms. The quantitative estimate of drug-likeness (QED) is 0.946. The van der Waals surface area contributed by atoms with Crippen LogP contribution in [0.15, 0.2) is 34.9 Å². The van der Waals surface area contributed by atoms with Crippen molar-refractivity contribution in [3.63, 3.8) is 0 Å². The van der Waals surface area contributed by atoms with Gasteiger partial charge in [-0.15, -0.1) is 0 Å². The Bertz CT molecular complexity index is 499. The summed E-state index contributed by atoms with van der Waals surface area (Å²) in [4.78, 5) is 1.51. The molecule has 17 heavy (non-hydrogen) atoms. The van der Waals surface area contributed by atoms with Crippen molar-refractivity contribution in [1.82, 2.24) is 15.0 Å². The number of hydrogen-bond donors (Lipinski definition) is 1. The molecule has 0 aliphatic heterocycles. The third-order valence-electron chi connectivity index (χ3n) is 2.20. The van der Waals surface area contributed by atoms with E-state index in [2.05, 4.69) is 26.1 Å². The highest BCUT2D eigenvalue weighted by molar-refractivity contribution is 9.10. The Morgan fingerprint density at radius 3 is 2.53 bits per heavy atom. The second-order valence-corrected chi connectivity index (χ2v) is 5.50. The van der Waals surface area contributed by atoms with Crippen LogP contribution in [0, 0.1) is 0 Å². The molecule has 1 heterocycles. The molecule has 1 N–H and O–H groups in total. The molecule has 0 unspecified atom stereocenters. The van der Waals surface area contributed by atoms with Gasteiger partial charge in [0.15, 0.2) is 0 Å². The zero-order valence-corrected chi connectivity index (χ0v) is 11.3. The molecular formula is C12H14BrN3O. The maximum Gasteiger partial charge on any atom is 0.113 e. The summed E-state index contributed by atoms with van der Waals surface area (Å²) in [6.07, 6.45) is 1.70. The highest BCUT2D eigenvalue weighted by atomic mass is 79.9. The van der Waals surface area contributed by atoms with E-state index in [1.807, 2.05) is 24.3 Å². The van der Waals surface area contributed by atoms with Gasteiger partial charge in [-0.1, -0.05) is 28.1 Å². The summed E-state index contributed by atoms with van der Waals surface area (Å²) in [5, 5.41) is 18.1. The average molecular weight is 296 g/mol. The molecule has 1 aromatic carbocycles. The van der Waals surface area contributed by atoms with Gasteiger partial charge in [0.05, 0.1) is 18.3 Å². The Hall–Kier alpha value is -1.20. The van der Waals surface area contributed by atoms with Crippen molar-refractivity contribution < 1.29 is 5.11 Å². The first kappa shape index (κ1) is 12.3. The van der Waals surface area contributed by atoms with Crippen molar-refractivity contribution in [2.75, 3.05) is 0 Å². The summed E-state index contributed by atoms with van der Waals surface area (Å²) in [5.74, 6) is 0. The normalized spacial score (nSPS) is 11.8.